The molecule has 136 valence electrons. The number of rotatable bonds is 7. The number of hydrogen-bond donors (Lipinski definition) is 2. The van der Waals surface area contributed by atoms with Crippen molar-refractivity contribution in [3.63, 3.8) is 0 Å². The molecule has 0 saturated carbocycles. The molecule has 2 N–H and O–H groups in total. The highest BCUT2D eigenvalue weighted by Gasteiger charge is 2.08. The number of allylic oxidation sites excluding steroid dienone is 1. The maximum absolute atomic E-state index is 12.2. The van der Waals surface area contributed by atoms with Crippen molar-refractivity contribution in [2.24, 2.45) is 0 Å². The fourth-order valence-electron chi connectivity index (χ4n) is 3.03. The Labute approximate surface area is 159 Å². The largest absolute Gasteiger partial charge is 0.370 e. The minimum absolute atomic E-state index is 0.156. The van der Waals surface area contributed by atoms with Crippen molar-refractivity contribution in [3.8, 4) is 0 Å². The SMILES string of the molecule is O=C(NCc1ccccc1Cl)c1ccc(NCCC2=CCCCC2)nc1. The lowest BCUT2D eigenvalue weighted by molar-refractivity contribution is 0.0950. The molecule has 4 nitrogen and oxygen atoms in total. The van der Waals surface area contributed by atoms with Crippen LogP contribution in [0.1, 0.15) is 48.0 Å². The Hall–Kier alpha value is -2.33. The van der Waals surface area contributed by atoms with Gasteiger partial charge in [-0.2, -0.15) is 0 Å². The molecule has 1 aromatic carbocycles. The third-order valence-corrected chi connectivity index (χ3v) is 4.93. The number of amides is 1. The van der Waals surface area contributed by atoms with Crippen molar-refractivity contribution < 1.29 is 4.79 Å². The van der Waals surface area contributed by atoms with E-state index in [0.717, 1.165) is 24.3 Å². The lowest BCUT2D eigenvalue weighted by Gasteiger charge is -2.13. The summed E-state index contributed by atoms with van der Waals surface area (Å²) in [7, 11) is 0. The van der Waals surface area contributed by atoms with Crippen LogP contribution in [0.2, 0.25) is 5.02 Å². The minimum Gasteiger partial charge on any atom is -0.370 e. The van der Waals surface area contributed by atoms with Crippen molar-refractivity contribution in [1.29, 1.82) is 0 Å². The Balaban J connectivity index is 1.46. The summed E-state index contributed by atoms with van der Waals surface area (Å²) in [4.78, 5) is 16.6. The standard InChI is InChI=1S/C21H24ClN3O/c22-19-9-5-4-8-17(19)14-25-21(26)18-10-11-20(24-15-18)23-13-12-16-6-2-1-3-7-16/h4-6,8-11,15H,1-3,7,12-14H2,(H,23,24)(H,25,26). The Morgan fingerprint density at radius 1 is 1.15 bits per heavy atom. The van der Waals surface area contributed by atoms with Crippen LogP contribution in [-0.4, -0.2) is 17.4 Å². The second-order valence-electron chi connectivity index (χ2n) is 6.49. The van der Waals surface area contributed by atoms with E-state index in [1.165, 1.54) is 25.7 Å². The van der Waals surface area contributed by atoms with E-state index in [-0.39, 0.29) is 5.91 Å². The van der Waals surface area contributed by atoms with Gasteiger partial charge < -0.3 is 10.6 Å². The first-order chi connectivity index (χ1) is 12.7. The van der Waals surface area contributed by atoms with Gasteiger partial charge in [-0.25, -0.2) is 4.98 Å². The number of carbonyl (C=O) groups is 1. The number of aromatic nitrogens is 1. The summed E-state index contributed by atoms with van der Waals surface area (Å²) in [6.07, 6.45) is 10.1. The van der Waals surface area contributed by atoms with Gasteiger partial charge in [0, 0.05) is 24.3 Å². The Kier molecular flexibility index (Phi) is 6.67. The highest BCUT2D eigenvalue weighted by molar-refractivity contribution is 6.31. The molecule has 2 aromatic rings. The van der Waals surface area contributed by atoms with Crippen LogP contribution in [0.3, 0.4) is 0 Å². The maximum atomic E-state index is 12.2. The summed E-state index contributed by atoms with van der Waals surface area (Å²) in [6.45, 7) is 1.27. The molecule has 0 bridgehead atoms. The molecule has 26 heavy (non-hydrogen) atoms. The maximum Gasteiger partial charge on any atom is 0.253 e. The van der Waals surface area contributed by atoms with Crippen LogP contribution in [0.5, 0.6) is 0 Å². The molecule has 0 aliphatic heterocycles. The van der Waals surface area contributed by atoms with Gasteiger partial charge in [0.1, 0.15) is 5.82 Å². The first kappa shape index (κ1) is 18.5. The van der Waals surface area contributed by atoms with E-state index in [9.17, 15) is 4.79 Å². The van der Waals surface area contributed by atoms with Crippen molar-refractivity contribution in [2.45, 2.75) is 38.6 Å². The van der Waals surface area contributed by atoms with Gasteiger partial charge >= 0.3 is 0 Å². The number of anilines is 1. The quantitative estimate of drug-likeness (QED) is 0.677. The lowest BCUT2D eigenvalue weighted by atomic mass is 9.97. The van der Waals surface area contributed by atoms with Gasteiger partial charge in [0.05, 0.1) is 5.56 Å². The highest BCUT2D eigenvalue weighted by atomic mass is 35.5. The number of nitrogens with zero attached hydrogens (tertiary/aromatic N) is 1. The fraction of sp³-hybridized carbons (Fsp3) is 0.333. The molecule has 3 rings (SSSR count). The van der Waals surface area contributed by atoms with Gasteiger partial charge in [-0.15, -0.1) is 0 Å². The van der Waals surface area contributed by atoms with Gasteiger partial charge in [0.15, 0.2) is 0 Å². The van der Waals surface area contributed by atoms with Crippen molar-refractivity contribution in [3.05, 3.63) is 70.4 Å². The topological polar surface area (TPSA) is 54.0 Å². The van der Waals surface area contributed by atoms with E-state index in [1.54, 1.807) is 17.8 Å². The van der Waals surface area contributed by atoms with Crippen LogP contribution in [0.15, 0.2) is 54.2 Å². The summed E-state index contributed by atoms with van der Waals surface area (Å²) in [5, 5.41) is 6.84. The molecule has 0 unspecified atom stereocenters. The second kappa shape index (κ2) is 9.39. The molecule has 1 aliphatic carbocycles. The monoisotopic (exact) mass is 369 g/mol. The van der Waals surface area contributed by atoms with Crippen molar-refractivity contribution >= 4 is 23.3 Å². The second-order valence-corrected chi connectivity index (χ2v) is 6.90. The number of pyridine rings is 1. The molecule has 1 amide bonds. The highest BCUT2D eigenvalue weighted by Crippen LogP contribution is 2.20. The lowest BCUT2D eigenvalue weighted by Crippen LogP contribution is -2.23. The Morgan fingerprint density at radius 3 is 2.77 bits per heavy atom. The number of halogens is 1. The third-order valence-electron chi connectivity index (χ3n) is 4.56. The van der Waals surface area contributed by atoms with Crippen LogP contribution >= 0.6 is 11.6 Å². The van der Waals surface area contributed by atoms with E-state index in [2.05, 4.69) is 21.7 Å². The molecule has 0 spiro atoms. The summed E-state index contributed by atoms with van der Waals surface area (Å²) < 4.78 is 0. The number of hydrogen-bond acceptors (Lipinski definition) is 3. The number of carbonyl (C=O) groups excluding carboxylic acids is 1. The summed E-state index contributed by atoms with van der Waals surface area (Å²) in [5.74, 6) is 0.639. The molecule has 0 atom stereocenters. The Morgan fingerprint density at radius 2 is 2.04 bits per heavy atom. The van der Waals surface area contributed by atoms with Gasteiger partial charge in [-0.3, -0.25) is 4.79 Å². The zero-order valence-electron chi connectivity index (χ0n) is 14.8. The number of benzene rings is 1. The molecule has 1 aromatic heterocycles. The van der Waals surface area contributed by atoms with Gasteiger partial charge in [0.25, 0.3) is 5.91 Å². The molecule has 0 fully saturated rings. The Bertz CT molecular complexity index is 771. The average Bonchev–Trinajstić information content (AvgIpc) is 2.68. The van der Waals surface area contributed by atoms with E-state index in [0.29, 0.717) is 17.1 Å². The third kappa shape index (κ3) is 5.33. The summed E-state index contributed by atoms with van der Waals surface area (Å²) >= 11 is 6.10. The molecule has 0 radical (unpaired) electrons. The zero-order valence-corrected chi connectivity index (χ0v) is 15.6. The van der Waals surface area contributed by atoms with E-state index >= 15 is 0 Å². The van der Waals surface area contributed by atoms with Crippen LogP contribution in [0, 0.1) is 0 Å². The van der Waals surface area contributed by atoms with Gasteiger partial charge in [-0.05, 0) is 55.9 Å². The van der Waals surface area contributed by atoms with Crippen molar-refractivity contribution in [1.82, 2.24) is 10.3 Å². The van der Waals surface area contributed by atoms with E-state index in [1.807, 2.05) is 30.3 Å². The molecule has 1 heterocycles. The van der Waals surface area contributed by atoms with Crippen molar-refractivity contribution in [2.75, 3.05) is 11.9 Å². The smallest absolute Gasteiger partial charge is 0.253 e. The predicted molar refractivity (Wildman–Crippen MR) is 107 cm³/mol. The van der Waals surface area contributed by atoms with Crippen LogP contribution in [-0.2, 0) is 6.54 Å². The molecule has 0 saturated heterocycles. The van der Waals surface area contributed by atoms with E-state index in [4.69, 9.17) is 11.6 Å². The zero-order chi connectivity index (χ0) is 18.2. The molecule has 5 heteroatoms. The molecular formula is C21H24ClN3O. The fourth-order valence-corrected chi connectivity index (χ4v) is 3.24. The normalized spacial score (nSPS) is 13.8. The first-order valence-electron chi connectivity index (χ1n) is 9.12. The van der Waals surface area contributed by atoms with Crippen LogP contribution < -0.4 is 10.6 Å². The first-order valence-corrected chi connectivity index (χ1v) is 9.49. The van der Waals surface area contributed by atoms with Crippen LogP contribution in [0.4, 0.5) is 5.82 Å². The number of nitrogens with one attached hydrogen (secondary N) is 2. The van der Waals surface area contributed by atoms with E-state index < -0.39 is 0 Å². The van der Waals surface area contributed by atoms with Gasteiger partial charge in [0.2, 0.25) is 0 Å². The average molecular weight is 370 g/mol. The van der Waals surface area contributed by atoms with Gasteiger partial charge in [-0.1, -0.05) is 41.4 Å². The molecule has 1 aliphatic rings. The molecular weight excluding hydrogens is 346 g/mol. The minimum atomic E-state index is -0.156. The predicted octanol–water partition coefficient (Wildman–Crippen LogP) is 4.97. The summed E-state index contributed by atoms with van der Waals surface area (Å²) in [6, 6.07) is 11.1. The van der Waals surface area contributed by atoms with Crippen LogP contribution in [0.25, 0.3) is 0 Å². The summed E-state index contributed by atoms with van der Waals surface area (Å²) in [5.41, 5.74) is 2.97.